The molecule has 0 atom stereocenters. The van der Waals surface area contributed by atoms with Crippen molar-refractivity contribution in [2.24, 2.45) is 0 Å². The molecule has 2 aliphatic heterocycles. The van der Waals surface area contributed by atoms with E-state index in [2.05, 4.69) is 20.0 Å². The van der Waals surface area contributed by atoms with Crippen molar-refractivity contribution in [2.45, 2.75) is 51.9 Å². The van der Waals surface area contributed by atoms with E-state index in [1.165, 1.54) is 0 Å². The molecule has 200 valence electrons. The minimum atomic E-state index is -2.71. The van der Waals surface area contributed by atoms with Crippen molar-refractivity contribution in [1.29, 1.82) is 0 Å². The third-order valence-electron chi connectivity index (χ3n) is 6.44. The first kappa shape index (κ1) is 27.3. The number of benzene rings is 2. The van der Waals surface area contributed by atoms with Gasteiger partial charge in [-0.3, -0.25) is 0 Å². The summed E-state index contributed by atoms with van der Waals surface area (Å²) in [4.78, 5) is 33.5. The molecule has 0 aliphatic carbocycles. The van der Waals surface area contributed by atoms with E-state index in [0.717, 1.165) is 63.2 Å². The highest BCUT2D eigenvalue weighted by atomic mass is 28.4. The molecule has 0 radical (unpaired) electrons. The second-order valence-corrected chi connectivity index (χ2v) is 18.0. The zero-order valence-corrected chi connectivity index (χ0v) is 24.4. The number of hydrazine groups is 2. The molecule has 4 rings (SSSR count). The van der Waals surface area contributed by atoms with E-state index in [1.54, 1.807) is 10.0 Å². The molecule has 2 fully saturated rings. The van der Waals surface area contributed by atoms with E-state index in [1.807, 2.05) is 86.9 Å². The van der Waals surface area contributed by atoms with Crippen LogP contribution in [0.15, 0.2) is 60.7 Å². The number of anilines is 2. The van der Waals surface area contributed by atoms with Gasteiger partial charge in [-0.1, -0.05) is 36.4 Å². The molecule has 4 amide bonds. The summed E-state index contributed by atoms with van der Waals surface area (Å²) in [6.45, 7) is 11.2. The van der Waals surface area contributed by atoms with Crippen LogP contribution in [0.1, 0.15) is 25.7 Å². The molecule has 0 spiro atoms. The molecular weight excluding hydrogens is 500 g/mol. The third-order valence-corrected chi connectivity index (χ3v) is 12.2. The summed E-state index contributed by atoms with van der Waals surface area (Å²) < 4.78 is 6.59. The van der Waals surface area contributed by atoms with Crippen LogP contribution in [-0.2, 0) is 4.12 Å². The Kier molecular flexibility index (Phi) is 8.70. The van der Waals surface area contributed by atoms with Crippen LogP contribution in [0.4, 0.5) is 21.0 Å². The van der Waals surface area contributed by atoms with Gasteiger partial charge in [-0.25, -0.2) is 29.6 Å². The smallest absolute Gasteiger partial charge is 0.330 e. The van der Waals surface area contributed by atoms with E-state index < -0.39 is 17.0 Å². The number of para-hydroxylation sites is 2. The second kappa shape index (κ2) is 11.8. The number of urea groups is 2. The number of nitrogens with zero attached hydrogens (tertiary/aromatic N) is 4. The van der Waals surface area contributed by atoms with Gasteiger partial charge in [0, 0.05) is 26.2 Å². The Morgan fingerprint density at radius 1 is 0.649 bits per heavy atom. The number of amides is 4. The Bertz CT molecular complexity index is 961. The van der Waals surface area contributed by atoms with E-state index >= 15 is 0 Å². The van der Waals surface area contributed by atoms with Crippen molar-refractivity contribution in [3.05, 3.63) is 60.7 Å². The van der Waals surface area contributed by atoms with E-state index in [0.29, 0.717) is 0 Å². The summed E-state index contributed by atoms with van der Waals surface area (Å²) in [5.74, 6) is 0. The molecule has 11 heteroatoms. The van der Waals surface area contributed by atoms with Crippen molar-refractivity contribution in [1.82, 2.24) is 20.0 Å². The van der Waals surface area contributed by atoms with Gasteiger partial charge in [-0.15, -0.1) is 0 Å². The predicted octanol–water partition coefficient (Wildman–Crippen LogP) is 4.86. The Morgan fingerprint density at radius 2 is 0.973 bits per heavy atom. The standard InChI is InChI=1S/C26H40N6O3Si2/c1-36(2,27-25(33)31(29-19-11-12-20-29)23-15-7-5-8-16-23)35-37(3,4)28-26(34)32(30-21-13-14-22-30)24-17-9-6-10-18-24/h5-10,15-18H,11-14,19-22H2,1-4H3,(H,27,33)(H,28,34). The summed E-state index contributed by atoms with van der Waals surface area (Å²) in [6, 6.07) is 19.1. The second-order valence-electron chi connectivity index (χ2n) is 10.6. The lowest BCUT2D eigenvalue weighted by molar-refractivity contribution is 0.225. The first-order chi connectivity index (χ1) is 17.7. The summed E-state index contributed by atoms with van der Waals surface area (Å²) in [6.07, 6.45) is 4.26. The Balaban J connectivity index is 1.45. The highest BCUT2D eigenvalue weighted by Gasteiger charge is 2.40. The molecule has 9 nitrogen and oxygen atoms in total. The minimum absolute atomic E-state index is 0.191. The molecule has 0 unspecified atom stereocenters. The minimum Gasteiger partial charge on any atom is -0.424 e. The SMILES string of the molecule is C[Si](C)(NC(=O)N(c1ccccc1)N1CCCC1)O[Si](C)(C)NC(=O)N(c1ccccc1)N1CCCC1. The summed E-state index contributed by atoms with van der Waals surface area (Å²) in [5, 5.41) is 7.66. The van der Waals surface area contributed by atoms with Gasteiger partial charge >= 0.3 is 12.1 Å². The summed E-state index contributed by atoms with van der Waals surface area (Å²) in [5.41, 5.74) is 1.67. The van der Waals surface area contributed by atoms with Gasteiger partial charge < -0.3 is 14.1 Å². The normalized spacial score (nSPS) is 17.0. The van der Waals surface area contributed by atoms with Crippen LogP contribution >= 0.6 is 0 Å². The Morgan fingerprint density at radius 3 is 1.30 bits per heavy atom. The van der Waals surface area contributed by atoms with Crippen LogP contribution in [-0.4, -0.2) is 65.2 Å². The number of nitrogens with one attached hydrogen (secondary N) is 2. The van der Waals surface area contributed by atoms with Crippen molar-refractivity contribution < 1.29 is 13.7 Å². The molecule has 2 aliphatic rings. The highest BCUT2D eigenvalue weighted by Crippen LogP contribution is 2.23. The predicted molar refractivity (Wildman–Crippen MR) is 153 cm³/mol. The van der Waals surface area contributed by atoms with Crippen LogP contribution in [0.3, 0.4) is 0 Å². The summed E-state index contributed by atoms with van der Waals surface area (Å²) in [7, 11) is -5.43. The molecule has 2 heterocycles. The number of carbonyl (C=O) groups is 2. The first-order valence-electron chi connectivity index (χ1n) is 13.2. The van der Waals surface area contributed by atoms with Crippen LogP contribution < -0.4 is 20.0 Å². The quantitative estimate of drug-likeness (QED) is 0.468. The maximum Gasteiger partial charge on any atom is 0.330 e. The topological polar surface area (TPSA) is 80.4 Å². The molecule has 2 aromatic carbocycles. The van der Waals surface area contributed by atoms with Crippen molar-refractivity contribution >= 4 is 40.4 Å². The number of hydrogen-bond donors (Lipinski definition) is 2. The van der Waals surface area contributed by atoms with Crippen molar-refractivity contribution in [3.63, 3.8) is 0 Å². The summed E-state index contributed by atoms with van der Waals surface area (Å²) >= 11 is 0. The largest absolute Gasteiger partial charge is 0.424 e. The number of carbonyl (C=O) groups excluding carboxylic acids is 2. The fraction of sp³-hybridized carbons (Fsp3) is 0.462. The number of rotatable bonds is 8. The van der Waals surface area contributed by atoms with Gasteiger partial charge in [0.1, 0.15) is 0 Å². The average molecular weight is 541 g/mol. The van der Waals surface area contributed by atoms with Crippen molar-refractivity contribution in [3.8, 4) is 0 Å². The van der Waals surface area contributed by atoms with Crippen LogP contribution in [0.2, 0.25) is 26.2 Å². The lowest BCUT2D eigenvalue weighted by atomic mass is 10.3. The maximum absolute atomic E-state index is 13.6. The molecule has 0 bridgehead atoms. The molecular formula is C26H40N6O3Si2. The third kappa shape index (κ3) is 7.20. The zero-order valence-electron chi connectivity index (χ0n) is 22.4. The first-order valence-corrected chi connectivity index (χ1v) is 19.0. The monoisotopic (exact) mass is 540 g/mol. The van der Waals surface area contributed by atoms with Gasteiger partial charge in [0.15, 0.2) is 0 Å². The molecule has 0 aromatic heterocycles. The average Bonchev–Trinajstić information content (AvgIpc) is 3.54. The molecule has 0 saturated carbocycles. The van der Waals surface area contributed by atoms with E-state index in [9.17, 15) is 9.59 Å². The highest BCUT2D eigenvalue weighted by molar-refractivity contribution is 6.84. The van der Waals surface area contributed by atoms with E-state index in [4.69, 9.17) is 4.12 Å². The fourth-order valence-electron chi connectivity index (χ4n) is 5.07. The van der Waals surface area contributed by atoms with Crippen molar-refractivity contribution in [2.75, 3.05) is 36.2 Å². The Hall–Kier alpha value is -2.71. The molecule has 2 aromatic rings. The van der Waals surface area contributed by atoms with Gasteiger partial charge in [-0.2, -0.15) is 0 Å². The van der Waals surface area contributed by atoms with Gasteiger partial charge in [-0.05, 0) is 76.1 Å². The van der Waals surface area contributed by atoms with Crippen LogP contribution in [0, 0.1) is 0 Å². The van der Waals surface area contributed by atoms with Gasteiger partial charge in [0.05, 0.1) is 11.4 Å². The lowest BCUT2D eigenvalue weighted by Crippen LogP contribution is -2.66. The molecule has 2 N–H and O–H groups in total. The molecule has 37 heavy (non-hydrogen) atoms. The maximum atomic E-state index is 13.6. The lowest BCUT2D eigenvalue weighted by Gasteiger charge is -2.39. The zero-order chi connectivity index (χ0) is 26.5. The van der Waals surface area contributed by atoms with Gasteiger partial charge in [0.2, 0.25) is 0 Å². The van der Waals surface area contributed by atoms with Crippen LogP contribution in [0.25, 0.3) is 0 Å². The van der Waals surface area contributed by atoms with Crippen LogP contribution in [0.5, 0.6) is 0 Å². The van der Waals surface area contributed by atoms with E-state index in [-0.39, 0.29) is 12.1 Å². The van der Waals surface area contributed by atoms with Gasteiger partial charge in [0.25, 0.3) is 17.0 Å². The fourth-order valence-corrected chi connectivity index (χ4v) is 11.8. The molecule has 2 saturated heterocycles. The number of hydrogen-bond acceptors (Lipinski definition) is 5. The Labute approximate surface area is 222 Å².